The summed E-state index contributed by atoms with van der Waals surface area (Å²) in [6, 6.07) is 3.89. The van der Waals surface area contributed by atoms with E-state index in [0.29, 0.717) is 6.54 Å². The summed E-state index contributed by atoms with van der Waals surface area (Å²) in [7, 11) is 0. The van der Waals surface area contributed by atoms with Gasteiger partial charge in [0.15, 0.2) is 0 Å². The minimum absolute atomic E-state index is 0. The number of halogens is 1. The Labute approximate surface area is 84.0 Å². The lowest BCUT2D eigenvalue weighted by atomic mass is 10.2. The molecule has 1 aromatic heterocycles. The normalized spacial score (nSPS) is 8.69. The minimum atomic E-state index is 0. The zero-order valence-electron chi connectivity index (χ0n) is 7.49. The van der Waals surface area contributed by atoms with E-state index in [-0.39, 0.29) is 18.3 Å². The third kappa shape index (κ3) is 5.20. The Morgan fingerprint density at radius 1 is 1.62 bits per heavy atom. The van der Waals surface area contributed by atoms with Crippen molar-refractivity contribution < 1.29 is 4.79 Å². The Bertz CT molecular complexity index is 251. The Balaban J connectivity index is 0.00000144. The average molecular weight is 201 g/mol. The van der Waals surface area contributed by atoms with Crippen LogP contribution in [-0.4, -0.2) is 17.4 Å². The van der Waals surface area contributed by atoms with Gasteiger partial charge in [-0.05, 0) is 18.1 Å². The fourth-order valence-corrected chi connectivity index (χ4v) is 0.929. The summed E-state index contributed by atoms with van der Waals surface area (Å²) in [6.07, 6.45) is 4.39. The molecule has 0 unspecified atom stereocenters. The van der Waals surface area contributed by atoms with Crippen molar-refractivity contribution in [2.24, 2.45) is 0 Å². The van der Waals surface area contributed by atoms with Crippen molar-refractivity contribution in [3.8, 4) is 0 Å². The van der Waals surface area contributed by atoms with Crippen LogP contribution < -0.4 is 5.32 Å². The van der Waals surface area contributed by atoms with Crippen LogP contribution in [0.3, 0.4) is 0 Å². The number of nitrogens with zero attached hydrogens (tertiary/aromatic N) is 1. The van der Waals surface area contributed by atoms with E-state index in [1.807, 2.05) is 18.3 Å². The number of amides is 1. The van der Waals surface area contributed by atoms with Crippen LogP contribution in [0.25, 0.3) is 0 Å². The third-order valence-electron chi connectivity index (χ3n) is 1.51. The molecular formula is C9H13ClN2O. The predicted molar refractivity (Wildman–Crippen MR) is 53.9 cm³/mol. The molecule has 3 nitrogen and oxygen atoms in total. The summed E-state index contributed by atoms with van der Waals surface area (Å²) in [5, 5.41) is 2.73. The number of rotatable bonds is 3. The summed E-state index contributed by atoms with van der Waals surface area (Å²) in [4.78, 5) is 14.5. The monoisotopic (exact) mass is 200 g/mol. The zero-order valence-corrected chi connectivity index (χ0v) is 8.30. The van der Waals surface area contributed by atoms with Crippen LogP contribution in [0.4, 0.5) is 0 Å². The van der Waals surface area contributed by atoms with Gasteiger partial charge < -0.3 is 5.32 Å². The topological polar surface area (TPSA) is 42.0 Å². The second-order valence-electron chi connectivity index (χ2n) is 2.59. The lowest BCUT2D eigenvalue weighted by Crippen LogP contribution is -2.22. The van der Waals surface area contributed by atoms with Crippen LogP contribution in [0.5, 0.6) is 0 Å². The second-order valence-corrected chi connectivity index (χ2v) is 2.59. The second kappa shape index (κ2) is 6.43. The Hall–Kier alpha value is -1.09. The van der Waals surface area contributed by atoms with E-state index in [9.17, 15) is 4.79 Å². The molecule has 0 atom stereocenters. The van der Waals surface area contributed by atoms with Gasteiger partial charge in [0.25, 0.3) is 0 Å². The molecule has 0 aliphatic rings. The van der Waals surface area contributed by atoms with Crippen molar-refractivity contribution >= 4 is 18.3 Å². The highest BCUT2D eigenvalue weighted by molar-refractivity contribution is 5.85. The summed E-state index contributed by atoms with van der Waals surface area (Å²) in [5.41, 5.74) is 1.14. The first-order valence-corrected chi connectivity index (χ1v) is 3.92. The van der Waals surface area contributed by atoms with Crippen LogP contribution in [0.2, 0.25) is 0 Å². The lowest BCUT2D eigenvalue weighted by Gasteiger charge is -2.00. The molecule has 1 heterocycles. The van der Waals surface area contributed by atoms with Gasteiger partial charge >= 0.3 is 0 Å². The molecular weight excluding hydrogens is 188 g/mol. The standard InChI is InChI=1S/C9H12N2O.ClH/c1-8(12)11-6-4-9-3-2-5-10-7-9;/h2-3,5,7H,4,6H2,1H3,(H,11,12);1H. The Morgan fingerprint density at radius 2 is 2.38 bits per heavy atom. The van der Waals surface area contributed by atoms with Gasteiger partial charge in [-0.25, -0.2) is 0 Å². The molecule has 0 saturated heterocycles. The maximum absolute atomic E-state index is 10.5. The largest absolute Gasteiger partial charge is 0.356 e. The van der Waals surface area contributed by atoms with Gasteiger partial charge in [-0.3, -0.25) is 9.78 Å². The van der Waals surface area contributed by atoms with Crippen molar-refractivity contribution in [3.05, 3.63) is 30.1 Å². The van der Waals surface area contributed by atoms with E-state index in [1.54, 1.807) is 6.20 Å². The number of hydrogen-bond acceptors (Lipinski definition) is 2. The molecule has 0 fully saturated rings. The van der Waals surface area contributed by atoms with Gasteiger partial charge in [0.1, 0.15) is 0 Å². The summed E-state index contributed by atoms with van der Waals surface area (Å²) < 4.78 is 0. The van der Waals surface area contributed by atoms with Gasteiger partial charge in [-0.15, -0.1) is 12.4 Å². The Morgan fingerprint density at radius 3 is 2.92 bits per heavy atom. The molecule has 4 heteroatoms. The Kier molecular flexibility index (Phi) is 5.89. The molecule has 1 rings (SSSR count). The van der Waals surface area contributed by atoms with Crippen LogP contribution >= 0.6 is 12.4 Å². The average Bonchev–Trinajstić information content (AvgIpc) is 2.05. The fourth-order valence-electron chi connectivity index (χ4n) is 0.929. The molecule has 0 aliphatic heterocycles. The predicted octanol–water partition coefficient (Wildman–Crippen LogP) is 1.18. The number of carbonyl (C=O) groups is 1. The molecule has 0 bridgehead atoms. The van der Waals surface area contributed by atoms with E-state index in [4.69, 9.17) is 0 Å². The van der Waals surface area contributed by atoms with Gasteiger partial charge in [0.05, 0.1) is 0 Å². The SMILES string of the molecule is CC(=O)NCCc1cccnc1.Cl. The number of carbonyl (C=O) groups excluding carboxylic acids is 1. The van der Waals surface area contributed by atoms with Crippen molar-refractivity contribution in [2.75, 3.05) is 6.54 Å². The smallest absolute Gasteiger partial charge is 0.216 e. The fraction of sp³-hybridized carbons (Fsp3) is 0.333. The highest BCUT2D eigenvalue weighted by Crippen LogP contribution is 1.94. The first-order chi connectivity index (χ1) is 5.79. The minimum Gasteiger partial charge on any atom is -0.356 e. The summed E-state index contributed by atoms with van der Waals surface area (Å²) >= 11 is 0. The zero-order chi connectivity index (χ0) is 8.81. The van der Waals surface area contributed by atoms with E-state index in [2.05, 4.69) is 10.3 Å². The number of nitrogens with one attached hydrogen (secondary N) is 1. The molecule has 1 amide bonds. The summed E-state index contributed by atoms with van der Waals surface area (Å²) in [6.45, 7) is 2.20. The molecule has 0 spiro atoms. The van der Waals surface area contributed by atoms with Crippen molar-refractivity contribution in [2.45, 2.75) is 13.3 Å². The first-order valence-electron chi connectivity index (χ1n) is 3.92. The van der Waals surface area contributed by atoms with E-state index in [0.717, 1.165) is 12.0 Å². The van der Waals surface area contributed by atoms with E-state index >= 15 is 0 Å². The van der Waals surface area contributed by atoms with Crippen LogP contribution in [0.15, 0.2) is 24.5 Å². The maximum Gasteiger partial charge on any atom is 0.216 e. The van der Waals surface area contributed by atoms with Crippen molar-refractivity contribution in [1.82, 2.24) is 10.3 Å². The number of aromatic nitrogens is 1. The first kappa shape index (κ1) is 11.9. The van der Waals surface area contributed by atoms with E-state index < -0.39 is 0 Å². The van der Waals surface area contributed by atoms with Crippen molar-refractivity contribution in [1.29, 1.82) is 0 Å². The van der Waals surface area contributed by atoms with Crippen molar-refractivity contribution in [3.63, 3.8) is 0 Å². The summed E-state index contributed by atoms with van der Waals surface area (Å²) in [5.74, 6) is 0.0129. The van der Waals surface area contributed by atoms with Gasteiger partial charge in [-0.1, -0.05) is 6.07 Å². The molecule has 72 valence electrons. The highest BCUT2D eigenvalue weighted by atomic mass is 35.5. The molecule has 0 radical (unpaired) electrons. The molecule has 13 heavy (non-hydrogen) atoms. The number of pyridine rings is 1. The van der Waals surface area contributed by atoms with Gasteiger partial charge in [0, 0.05) is 25.9 Å². The molecule has 0 aliphatic carbocycles. The van der Waals surface area contributed by atoms with E-state index in [1.165, 1.54) is 6.92 Å². The molecule has 1 N–H and O–H groups in total. The third-order valence-corrected chi connectivity index (χ3v) is 1.51. The lowest BCUT2D eigenvalue weighted by molar-refractivity contribution is -0.118. The maximum atomic E-state index is 10.5. The van der Waals surface area contributed by atoms with Crippen LogP contribution in [-0.2, 0) is 11.2 Å². The van der Waals surface area contributed by atoms with Gasteiger partial charge in [-0.2, -0.15) is 0 Å². The van der Waals surface area contributed by atoms with Crippen LogP contribution in [0.1, 0.15) is 12.5 Å². The quantitative estimate of drug-likeness (QED) is 0.797. The van der Waals surface area contributed by atoms with Gasteiger partial charge in [0.2, 0.25) is 5.91 Å². The van der Waals surface area contributed by atoms with Crippen LogP contribution in [0, 0.1) is 0 Å². The highest BCUT2D eigenvalue weighted by Gasteiger charge is 1.92. The molecule has 1 aromatic rings. The number of hydrogen-bond donors (Lipinski definition) is 1. The molecule has 0 aromatic carbocycles. The molecule has 0 saturated carbocycles.